The van der Waals surface area contributed by atoms with Gasteiger partial charge in [-0.3, -0.25) is 4.79 Å². The Bertz CT molecular complexity index is 1190. The van der Waals surface area contributed by atoms with Gasteiger partial charge >= 0.3 is 0 Å². The van der Waals surface area contributed by atoms with Gasteiger partial charge in [-0.25, -0.2) is 4.39 Å². The quantitative estimate of drug-likeness (QED) is 0.375. The fourth-order valence-electron chi connectivity index (χ4n) is 2.86. The van der Waals surface area contributed by atoms with Crippen LogP contribution in [0.25, 0.3) is 22.5 Å². The fourth-order valence-corrected chi connectivity index (χ4v) is 3.71. The molecule has 0 spiro atoms. The molecule has 146 valence electrons. The van der Waals surface area contributed by atoms with Gasteiger partial charge in [-0.2, -0.15) is 21.4 Å². The lowest BCUT2D eigenvalue weighted by Gasteiger charge is -2.04. The predicted molar refractivity (Wildman–Crippen MR) is 113 cm³/mol. The van der Waals surface area contributed by atoms with Crippen LogP contribution in [0, 0.1) is 5.82 Å². The largest absolute Gasteiger partial charge is 0.352 e. The van der Waals surface area contributed by atoms with Crippen molar-refractivity contribution >= 4 is 40.2 Å². The summed E-state index contributed by atoms with van der Waals surface area (Å²) in [5.74, 6) is 1.32. The molecule has 29 heavy (non-hydrogen) atoms. The lowest BCUT2D eigenvalue weighted by atomic mass is 10.2. The van der Waals surface area contributed by atoms with E-state index < -0.39 is 0 Å². The number of halogens is 1. The summed E-state index contributed by atoms with van der Waals surface area (Å²) >= 11 is 1.57. The third-order valence-electron chi connectivity index (χ3n) is 4.32. The summed E-state index contributed by atoms with van der Waals surface area (Å²) in [5.41, 5.74) is 1.31. The number of fused-ring (bicyclic) bond motifs is 3. The number of benzene rings is 2. The normalized spacial score (nSPS) is 11.5. The van der Waals surface area contributed by atoms with Crippen molar-refractivity contribution in [1.82, 2.24) is 25.1 Å². The Morgan fingerprint density at radius 2 is 1.97 bits per heavy atom. The van der Waals surface area contributed by atoms with Crippen molar-refractivity contribution in [2.45, 2.75) is 5.75 Å². The second kappa shape index (κ2) is 8.83. The first-order valence-electron chi connectivity index (χ1n) is 9.08. The number of thioether (sulfide) groups is 1. The Hall–Kier alpha value is -3.26. The highest BCUT2D eigenvalue weighted by molar-refractivity contribution is 7.98. The standard InChI is InChI=1S/C21H18FN5OS/c22-18-8-4-2-6-16(18)14-29-12-11-23-20(28)10-9-19-25-26-21-17-7-3-1-5-15(17)13-24-27(19)21/h1-10,13H,11-12,14H2,(H,23,28)/b10-9+. The molecule has 6 nitrogen and oxygen atoms in total. The molecule has 0 radical (unpaired) electrons. The van der Waals surface area contributed by atoms with Crippen LogP contribution in [0.15, 0.2) is 60.8 Å². The molecular weight excluding hydrogens is 389 g/mol. The zero-order valence-electron chi connectivity index (χ0n) is 15.5. The van der Waals surface area contributed by atoms with Gasteiger partial charge in [0.05, 0.1) is 6.20 Å². The van der Waals surface area contributed by atoms with Crippen molar-refractivity contribution in [3.05, 3.63) is 78.0 Å². The second-order valence-corrected chi connectivity index (χ2v) is 7.40. The number of carbonyl (C=O) groups excluding carboxylic acids is 1. The van der Waals surface area contributed by atoms with E-state index in [1.807, 2.05) is 30.3 Å². The number of nitrogens with one attached hydrogen (secondary N) is 1. The summed E-state index contributed by atoms with van der Waals surface area (Å²) in [4.78, 5) is 12.0. The molecule has 4 rings (SSSR count). The van der Waals surface area contributed by atoms with Crippen LogP contribution in [-0.2, 0) is 10.5 Å². The summed E-state index contributed by atoms with van der Waals surface area (Å²) in [7, 11) is 0. The van der Waals surface area contributed by atoms with Crippen molar-refractivity contribution in [1.29, 1.82) is 0 Å². The molecule has 0 unspecified atom stereocenters. The van der Waals surface area contributed by atoms with Gasteiger partial charge in [-0.05, 0) is 17.7 Å². The highest BCUT2D eigenvalue weighted by atomic mass is 32.2. The molecule has 0 aliphatic heterocycles. The highest BCUT2D eigenvalue weighted by Crippen LogP contribution is 2.17. The van der Waals surface area contributed by atoms with E-state index in [2.05, 4.69) is 20.6 Å². The predicted octanol–water partition coefficient (Wildman–Crippen LogP) is 3.48. The molecule has 0 aliphatic rings. The number of hydrogen-bond acceptors (Lipinski definition) is 5. The Balaban J connectivity index is 1.31. The minimum atomic E-state index is -0.228. The average molecular weight is 407 g/mol. The van der Waals surface area contributed by atoms with E-state index in [-0.39, 0.29) is 11.7 Å². The molecule has 2 aromatic carbocycles. The van der Waals surface area contributed by atoms with E-state index in [9.17, 15) is 9.18 Å². The van der Waals surface area contributed by atoms with E-state index in [4.69, 9.17) is 0 Å². The third kappa shape index (κ3) is 4.43. The molecule has 1 amide bonds. The van der Waals surface area contributed by atoms with Crippen molar-refractivity contribution in [2.75, 3.05) is 12.3 Å². The number of nitrogens with zero attached hydrogens (tertiary/aromatic N) is 4. The maximum Gasteiger partial charge on any atom is 0.244 e. The van der Waals surface area contributed by atoms with Gasteiger partial charge < -0.3 is 5.32 Å². The first-order chi connectivity index (χ1) is 14.2. The van der Waals surface area contributed by atoms with Crippen molar-refractivity contribution in [2.24, 2.45) is 0 Å². The summed E-state index contributed by atoms with van der Waals surface area (Å²) in [6.07, 6.45) is 4.74. The Kier molecular flexibility index (Phi) is 5.81. The maximum atomic E-state index is 13.5. The topological polar surface area (TPSA) is 72.2 Å². The van der Waals surface area contributed by atoms with E-state index in [0.717, 1.165) is 10.8 Å². The van der Waals surface area contributed by atoms with Gasteiger partial charge in [0.15, 0.2) is 11.5 Å². The third-order valence-corrected chi connectivity index (χ3v) is 5.33. The molecule has 4 aromatic rings. The first-order valence-corrected chi connectivity index (χ1v) is 10.2. The Morgan fingerprint density at radius 3 is 2.86 bits per heavy atom. The SMILES string of the molecule is O=C(/C=C/c1nnc2c3ccccc3cnn12)NCCSCc1ccccc1F. The van der Waals surface area contributed by atoms with Crippen molar-refractivity contribution in [3.63, 3.8) is 0 Å². The van der Waals surface area contributed by atoms with Gasteiger partial charge in [-0.1, -0.05) is 42.5 Å². The maximum absolute atomic E-state index is 13.5. The van der Waals surface area contributed by atoms with Crippen LogP contribution in [0.3, 0.4) is 0 Å². The minimum Gasteiger partial charge on any atom is -0.352 e. The van der Waals surface area contributed by atoms with Gasteiger partial charge in [0.2, 0.25) is 5.91 Å². The molecule has 2 aromatic heterocycles. The molecule has 0 fully saturated rings. The monoisotopic (exact) mass is 407 g/mol. The number of rotatable bonds is 7. The summed E-state index contributed by atoms with van der Waals surface area (Å²) in [6.45, 7) is 0.492. The van der Waals surface area contributed by atoms with Gasteiger partial charge in [0.25, 0.3) is 0 Å². The van der Waals surface area contributed by atoms with Gasteiger partial charge in [0, 0.05) is 34.9 Å². The Morgan fingerprint density at radius 1 is 1.14 bits per heavy atom. The van der Waals surface area contributed by atoms with Gasteiger partial charge in [0.1, 0.15) is 5.82 Å². The van der Waals surface area contributed by atoms with E-state index in [1.165, 1.54) is 12.1 Å². The van der Waals surface area contributed by atoms with Crippen LogP contribution in [0.1, 0.15) is 11.4 Å². The highest BCUT2D eigenvalue weighted by Gasteiger charge is 2.08. The molecule has 0 bridgehead atoms. The van der Waals surface area contributed by atoms with E-state index >= 15 is 0 Å². The first kappa shape index (κ1) is 19.1. The van der Waals surface area contributed by atoms with E-state index in [0.29, 0.717) is 35.1 Å². The molecule has 0 saturated carbocycles. The minimum absolute atomic E-state index is 0.200. The molecule has 0 atom stereocenters. The zero-order chi connectivity index (χ0) is 20.1. The lowest BCUT2D eigenvalue weighted by Crippen LogP contribution is -2.23. The smallest absolute Gasteiger partial charge is 0.244 e. The van der Waals surface area contributed by atoms with Crippen LogP contribution in [0.2, 0.25) is 0 Å². The number of amides is 1. The molecular formula is C21H18FN5OS. The summed E-state index contributed by atoms with van der Waals surface area (Å²) in [6, 6.07) is 14.5. The van der Waals surface area contributed by atoms with Gasteiger partial charge in [-0.15, -0.1) is 10.2 Å². The fraction of sp³-hybridized carbons (Fsp3) is 0.143. The average Bonchev–Trinajstić information content (AvgIpc) is 3.17. The molecule has 8 heteroatoms. The van der Waals surface area contributed by atoms with Crippen molar-refractivity contribution < 1.29 is 9.18 Å². The van der Waals surface area contributed by atoms with Crippen LogP contribution in [0.5, 0.6) is 0 Å². The lowest BCUT2D eigenvalue weighted by molar-refractivity contribution is -0.116. The summed E-state index contributed by atoms with van der Waals surface area (Å²) in [5, 5.41) is 17.4. The molecule has 1 N–H and O–H groups in total. The van der Waals surface area contributed by atoms with Crippen molar-refractivity contribution in [3.8, 4) is 0 Å². The zero-order valence-corrected chi connectivity index (χ0v) is 16.3. The second-order valence-electron chi connectivity index (χ2n) is 6.29. The van der Waals surface area contributed by atoms with Crippen LogP contribution in [0.4, 0.5) is 4.39 Å². The van der Waals surface area contributed by atoms with Crippen LogP contribution < -0.4 is 5.32 Å². The van der Waals surface area contributed by atoms with Crippen LogP contribution in [-0.4, -0.2) is 38.0 Å². The molecule has 2 heterocycles. The number of carbonyl (C=O) groups is 1. The number of hydrogen-bond donors (Lipinski definition) is 1. The number of aromatic nitrogens is 4. The summed E-state index contributed by atoms with van der Waals surface area (Å²) < 4.78 is 15.2. The van der Waals surface area contributed by atoms with Crippen LogP contribution >= 0.6 is 11.8 Å². The van der Waals surface area contributed by atoms with E-state index in [1.54, 1.807) is 40.7 Å². The molecule has 0 aliphatic carbocycles. The Labute approximate surface area is 170 Å². The molecule has 0 saturated heterocycles.